The molecule has 1 aromatic rings. The van der Waals surface area contributed by atoms with Crippen LogP contribution in [0.3, 0.4) is 0 Å². The molecule has 0 aliphatic carbocycles. The number of halogens is 1. The molecule has 0 aliphatic heterocycles. The van der Waals surface area contributed by atoms with E-state index >= 15 is 0 Å². The van der Waals surface area contributed by atoms with E-state index in [4.69, 9.17) is 9.07 Å². The summed E-state index contributed by atoms with van der Waals surface area (Å²) in [6.07, 6.45) is 1.11. The van der Waals surface area contributed by atoms with Crippen LogP contribution in [-0.4, -0.2) is 19.3 Å². The molecule has 0 nitrogen and oxygen atoms in total. The van der Waals surface area contributed by atoms with Gasteiger partial charge in [-0.15, -0.1) is 3.69 Å². The van der Waals surface area contributed by atoms with Crippen LogP contribution in [0.25, 0.3) is 0 Å². The van der Waals surface area contributed by atoms with Gasteiger partial charge in [-0.25, -0.2) is 0 Å². The first-order valence-electron chi connectivity index (χ1n) is 3.50. The predicted molar refractivity (Wildman–Crippen MR) is 47.1 cm³/mol. The molecule has 0 amide bonds. The molecule has 0 saturated carbocycles. The largest absolute Gasteiger partial charge is 0.538 e. The Morgan fingerprint density at radius 2 is 2.30 bits per heavy atom. The van der Waals surface area contributed by atoms with Crippen molar-refractivity contribution < 1.29 is 0 Å². The van der Waals surface area contributed by atoms with Crippen LogP contribution < -0.4 is 3.69 Å². The molecular weight excluding hydrogens is 156 g/mol. The van der Waals surface area contributed by atoms with Gasteiger partial charge in [-0.2, -0.15) is 0 Å². The minimum Gasteiger partial charge on any atom is -0.336 e. The van der Waals surface area contributed by atoms with Crippen LogP contribution in [0.1, 0.15) is 12.5 Å². The number of benzene rings is 1. The molecule has 0 aromatic heterocycles. The summed E-state index contributed by atoms with van der Waals surface area (Å²) in [7, 11) is 5.79. The van der Waals surface area contributed by atoms with Crippen molar-refractivity contribution in [1.29, 1.82) is 0 Å². The first-order valence-corrected chi connectivity index (χ1v) is 6.35. The summed E-state index contributed by atoms with van der Waals surface area (Å²) in [6, 6.07) is 8.55. The van der Waals surface area contributed by atoms with Crippen molar-refractivity contribution in [2.24, 2.45) is 0 Å². The van der Waals surface area contributed by atoms with Crippen molar-refractivity contribution in [3.8, 4) is 0 Å². The van der Waals surface area contributed by atoms with Crippen molar-refractivity contribution in [2.75, 3.05) is 0 Å². The molecular formula is C8H9ClMg. The fourth-order valence-electron chi connectivity index (χ4n) is 0.933. The highest BCUT2D eigenvalue weighted by molar-refractivity contribution is 7.01. The zero-order valence-electron chi connectivity index (χ0n) is 6.10. The summed E-state index contributed by atoms with van der Waals surface area (Å²) in [5.74, 6) is 0. The van der Waals surface area contributed by atoms with E-state index < -0.39 is 19.3 Å². The van der Waals surface area contributed by atoms with Gasteiger partial charge in [0, 0.05) is 0 Å². The minimum atomic E-state index is -0.467. The molecule has 0 fully saturated rings. The van der Waals surface area contributed by atoms with E-state index in [1.54, 1.807) is 0 Å². The Morgan fingerprint density at radius 3 is 2.90 bits per heavy atom. The van der Waals surface area contributed by atoms with Gasteiger partial charge >= 0.3 is 19.3 Å². The fourth-order valence-corrected chi connectivity index (χ4v) is 2.00. The number of aryl methyl sites for hydroxylation is 1. The van der Waals surface area contributed by atoms with Crippen LogP contribution >= 0.6 is 9.07 Å². The predicted octanol–water partition coefficient (Wildman–Crippen LogP) is 1.73. The maximum absolute atomic E-state index is 5.79. The lowest BCUT2D eigenvalue weighted by Gasteiger charge is -1.97. The van der Waals surface area contributed by atoms with Crippen LogP contribution in [-0.2, 0) is 6.42 Å². The summed E-state index contributed by atoms with van der Waals surface area (Å²) in [5, 5.41) is 0. The third-order valence-electron chi connectivity index (χ3n) is 1.55. The maximum Gasteiger partial charge on any atom is 0.538 e. The second-order valence-electron chi connectivity index (χ2n) is 2.31. The molecule has 1 rings (SSSR count). The normalized spacial score (nSPS) is 9.00. The lowest BCUT2D eigenvalue weighted by atomic mass is 10.2. The van der Waals surface area contributed by atoms with Gasteiger partial charge in [0.05, 0.1) is 0 Å². The molecule has 50 valence electrons. The summed E-state index contributed by atoms with van der Waals surface area (Å²) < 4.78 is 1.35. The molecule has 0 saturated heterocycles. The van der Waals surface area contributed by atoms with E-state index in [0.29, 0.717) is 0 Å². The van der Waals surface area contributed by atoms with Crippen LogP contribution in [0.2, 0.25) is 0 Å². The van der Waals surface area contributed by atoms with Crippen LogP contribution in [0.15, 0.2) is 24.3 Å². The Morgan fingerprint density at radius 1 is 1.50 bits per heavy atom. The average Bonchev–Trinajstić information content (AvgIpc) is 2.05. The second-order valence-corrected chi connectivity index (χ2v) is 4.19. The smallest absolute Gasteiger partial charge is 0.336 e. The molecule has 0 spiro atoms. The van der Waals surface area contributed by atoms with E-state index in [2.05, 4.69) is 31.2 Å². The highest BCUT2D eigenvalue weighted by Crippen LogP contribution is 1.96. The van der Waals surface area contributed by atoms with Gasteiger partial charge in [0.15, 0.2) is 0 Å². The Balaban J connectivity index is 2.87. The van der Waals surface area contributed by atoms with Crippen LogP contribution in [0.4, 0.5) is 0 Å². The summed E-state index contributed by atoms with van der Waals surface area (Å²) in [4.78, 5) is 0. The quantitative estimate of drug-likeness (QED) is 0.585. The molecule has 0 unspecified atom stereocenters. The van der Waals surface area contributed by atoms with Crippen molar-refractivity contribution in [1.82, 2.24) is 0 Å². The Hall–Kier alpha value is 0.276. The molecule has 0 radical (unpaired) electrons. The lowest BCUT2D eigenvalue weighted by Crippen LogP contribution is -2.08. The second kappa shape index (κ2) is 4.22. The zero-order chi connectivity index (χ0) is 7.40. The summed E-state index contributed by atoms with van der Waals surface area (Å²) in [5.41, 5.74) is 1.39. The van der Waals surface area contributed by atoms with Crippen LogP contribution in [0.5, 0.6) is 0 Å². The Kier molecular flexibility index (Phi) is 3.53. The molecule has 10 heavy (non-hydrogen) atoms. The SMILES string of the molecule is CCc1ccc[c]([Mg][Cl])c1. The van der Waals surface area contributed by atoms with E-state index in [0.717, 1.165) is 6.42 Å². The van der Waals surface area contributed by atoms with Gasteiger partial charge in [-0.1, -0.05) is 36.8 Å². The van der Waals surface area contributed by atoms with Crippen molar-refractivity contribution in [2.45, 2.75) is 13.3 Å². The van der Waals surface area contributed by atoms with Crippen molar-refractivity contribution >= 4 is 32.0 Å². The van der Waals surface area contributed by atoms with Gasteiger partial charge in [-0.3, -0.25) is 0 Å². The van der Waals surface area contributed by atoms with Gasteiger partial charge in [-0.05, 0) is 6.42 Å². The molecule has 0 heterocycles. The van der Waals surface area contributed by atoms with Crippen molar-refractivity contribution in [3.05, 3.63) is 29.8 Å². The van der Waals surface area contributed by atoms with Gasteiger partial charge < -0.3 is 9.07 Å². The Bertz CT molecular complexity index is 191. The number of rotatable bonds is 2. The number of hydrogen-bond donors (Lipinski definition) is 0. The topological polar surface area (TPSA) is 0 Å². The van der Waals surface area contributed by atoms with Gasteiger partial charge in [0.25, 0.3) is 0 Å². The average molecular weight is 165 g/mol. The number of hydrogen-bond acceptors (Lipinski definition) is 0. The van der Waals surface area contributed by atoms with E-state index in [-0.39, 0.29) is 0 Å². The van der Waals surface area contributed by atoms with E-state index in [1.165, 1.54) is 9.26 Å². The van der Waals surface area contributed by atoms with E-state index in [9.17, 15) is 0 Å². The standard InChI is InChI=1S/C8H9.ClH.Mg/c1-2-8-6-4-3-5-7-8;;/h3-4,6-7H,2H2,1H3;1H;/q;;+1/p-1. The highest BCUT2D eigenvalue weighted by Gasteiger charge is 1.94. The van der Waals surface area contributed by atoms with Crippen LogP contribution in [0, 0.1) is 0 Å². The molecule has 0 aliphatic rings. The third-order valence-corrected chi connectivity index (χ3v) is 3.23. The highest BCUT2D eigenvalue weighted by atomic mass is 35.5. The summed E-state index contributed by atoms with van der Waals surface area (Å²) >= 11 is -0.467. The van der Waals surface area contributed by atoms with Crippen molar-refractivity contribution in [3.63, 3.8) is 0 Å². The Labute approximate surface area is 75.1 Å². The molecule has 2 heteroatoms. The maximum atomic E-state index is 5.79. The zero-order valence-corrected chi connectivity index (χ0v) is 8.27. The minimum absolute atomic E-state index is 0.467. The van der Waals surface area contributed by atoms with E-state index in [1.807, 2.05) is 0 Å². The fraction of sp³-hybridized carbons (Fsp3) is 0.250. The first kappa shape index (κ1) is 8.37. The monoisotopic (exact) mass is 164 g/mol. The lowest BCUT2D eigenvalue weighted by molar-refractivity contribution is 1.14. The van der Waals surface area contributed by atoms with Gasteiger partial charge in [0.2, 0.25) is 0 Å². The molecule has 0 atom stereocenters. The molecule has 0 bridgehead atoms. The summed E-state index contributed by atoms with van der Waals surface area (Å²) in [6.45, 7) is 2.16. The molecule has 0 N–H and O–H groups in total. The first-order chi connectivity index (χ1) is 4.86. The third kappa shape index (κ3) is 2.15. The molecule has 1 aromatic carbocycles. The van der Waals surface area contributed by atoms with Gasteiger partial charge in [0.1, 0.15) is 0 Å².